The number of nitrogens with zero attached hydrogens (tertiary/aromatic N) is 3. The van der Waals surface area contributed by atoms with Crippen molar-refractivity contribution in [1.82, 2.24) is 14.6 Å². The van der Waals surface area contributed by atoms with E-state index in [4.69, 9.17) is 21.4 Å². The van der Waals surface area contributed by atoms with Crippen LogP contribution < -0.4 is 0 Å². The second-order valence-electron chi connectivity index (χ2n) is 6.56. The van der Waals surface area contributed by atoms with Gasteiger partial charge in [-0.05, 0) is 30.7 Å². The Hall–Kier alpha value is -3.18. The molecule has 3 aromatic heterocycles. The molecule has 4 aromatic rings. The number of rotatable bonds is 4. The molecule has 0 N–H and O–H groups in total. The minimum absolute atomic E-state index is 0.193. The number of pyridine rings is 2. The molecule has 0 saturated heterocycles. The lowest BCUT2D eigenvalue weighted by Crippen LogP contribution is -2.06. The van der Waals surface area contributed by atoms with E-state index in [1.54, 1.807) is 6.07 Å². The van der Waals surface area contributed by atoms with Crippen LogP contribution in [0.3, 0.4) is 0 Å². The molecule has 0 saturated carbocycles. The zero-order chi connectivity index (χ0) is 19.7. The van der Waals surface area contributed by atoms with Crippen molar-refractivity contribution in [2.75, 3.05) is 7.11 Å². The molecule has 0 radical (unpaired) electrons. The van der Waals surface area contributed by atoms with Crippen LogP contribution in [-0.4, -0.2) is 27.7 Å². The van der Waals surface area contributed by atoms with Crippen molar-refractivity contribution in [3.8, 4) is 11.3 Å². The second kappa shape index (κ2) is 7.44. The van der Waals surface area contributed by atoms with Crippen molar-refractivity contribution < 1.29 is 9.53 Å². The zero-order valence-corrected chi connectivity index (χ0v) is 16.3. The summed E-state index contributed by atoms with van der Waals surface area (Å²) in [7, 11) is 1.33. The lowest BCUT2D eigenvalue weighted by atomic mass is 10.0. The van der Waals surface area contributed by atoms with E-state index in [-0.39, 0.29) is 5.69 Å². The monoisotopic (exact) mass is 391 g/mol. The van der Waals surface area contributed by atoms with Gasteiger partial charge >= 0.3 is 5.97 Å². The Morgan fingerprint density at radius 2 is 1.93 bits per heavy atom. The third-order valence-electron chi connectivity index (χ3n) is 4.52. The first kappa shape index (κ1) is 18.2. The SMILES string of the molecule is COC(=O)c1cc(Cl)cc(Cc2c(-c3ccccc3)nn3cc(C)ccc23)n1. The van der Waals surface area contributed by atoms with Crippen molar-refractivity contribution in [3.05, 3.63) is 88.3 Å². The highest BCUT2D eigenvalue weighted by molar-refractivity contribution is 6.30. The summed E-state index contributed by atoms with van der Waals surface area (Å²) in [6.07, 6.45) is 2.48. The summed E-state index contributed by atoms with van der Waals surface area (Å²) in [5.74, 6) is -0.512. The highest BCUT2D eigenvalue weighted by atomic mass is 35.5. The number of fused-ring (bicyclic) bond motifs is 1. The van der Waals surface area contributed by atoms with E-state index in [0.29, 0.717) is 17.1 Å². The summed E-state index contributed by atoms with van der Waals surface area (Å²) in [4.78, 5) is 16.3. The number of hydrogen-bond donors (Lipinski definition) is 0. The average molecular weight is 392 g/mol. The van der Waals surface area contributed by atoms with Crippen LogP contribution in [-0.2, 0) is 11.2 Å². The van der Waals surface area contributed by atoms with Gasteiger partial charge in [0.15, 0.2) is 0 Å². The summed E-state index contributed by atoms with van der Waals surface area (Å²) in [5, 5.41) is 5.24. The molecule has 1 aromatic carbocycles. The molecular formula is C22H18ClN3O2. The first-order chi connectivity index (χ1) is 13.5. The normalized spacial score (nSPS) is 11.0. The van der Waals surface area contributed by atoms with Crippen LogP contribution in [0.5, 0.6) is 0 Å². The number of hydrogen-bond acceptors (Lipinski definition) is 4. The van der Waals surface area contributed by atoms with Crippen LogP contribution in [0.2, 0.25) is 5.02 Å². The van der Waals surface area contributed by atoms with Gasteiger partial charge in [-0.2, -0.15) is 5.10 Å². The van der Waals surface area contributed by atoms with Crippen molar-refractivity contribution in [2.24, 2.45) is 0 Å². The fourth-order valence-electron chi connectivity index (χ4n) is 3.24. The standard InChI is InChI=1S/C22H18ClN3O2/c1-14-8-9-20-18(12-17-10-16(23)11-19(24-17)22(27)28-2)21(25-26(20)13-14)15-6-4-3-5-7-15/h3-11,13H,12H2,1-2H3. The van der Waals surface area contributed by atoms with Crippen LogP contribution in [0.4, 0.5) is 0 Å². The Morgan fingerprint density at radius 1 is 1.14 bits per heavy atom. The molecule has 4 rings (SSSR count). The topological polar surface area (TPSA) is 56.5 Å². The van der Waals surface area contributed by atoms with E-state index < -0.39 is 5.97 Å². The molecule has 0 unspecified atom stereocenters. The third-order valence-corrected chi connectivity index (χ3v) is 4.74. The fourth-order valence-corrected chi connectivity index (χ4v) is 3.47. The van der Waals surface area contributed by atoms with E-state index >= 15 is 0 Å². The Kier molecular flexibility index (Phi) is 4.84. The lowest BCUT2D eigenvalue weighted by Gasteiger charge is -2.06. The highest BCUT2D eigenvalue weighted by Crippen LogP contribution is 2.29. The van der Waals surface area contributed by atoms with Crippen molar-refractivity contribution >= 4 is 23.1 Å². The van der Waals surface area contributed by atoms with Gasteiger partial charge in [-0.1, -0.05) is 48.0 Å². The van der Waals surface area contributed by atoms with E-state index in [2.05, 4.69) is 17.1 Å². The van der Waals surface area contributed by atoms with Gasteiger partial charge in [-0.3, -0.25) is 0 Å². The Balaban J connectivity index is 1.86. The molecule has 0 aliphatic carbocycles. The van der Waals surface area contributed by atoms with E-state index in [1.165, 1.54) is 13.2 Å². The first-order valence-corrected chi connectivity index (χ1v) is 9.21. The van der Waals surface area contributed by atoms with Gasteiger partial charge in [-0.25, -0.2) is 14.3 Å². The molecule has 140 valence electrons. The molecule has 3 heterocycles. The molecule has 6 heteroatoms. The number of carbonyl (C=O) groups is 1. The smallest absolute Gasteiger partial charge is 0.356 e. The van der Waals surface area contributed by atoms with Crippen LogP contribution in [0.15, 0.2) is 60.8 Å². The quantitative estimate of drug-likeness (QED) is 0.472. The third kappa shape index (κ3) is 3.49. The van der Waals surface area contributed by atoms with Crippen LogP contribution in [0.1, 0.15) is 27.3 Å². The predicted octanol–water partition coefficient (Wildman–Crippen LogP) is 4.74. The Labute approximate surface area is 167 Å². The van der Waals surface area contributed by atoms with Gasteiger partial charge in [0.25, 0.3) is 0 Å². The average Bonchev–Trinajstić information content (AvgIpc) is 3.05. The molecule has 0 fully saturated rings. The number of methoxy groups -OCH3 is 1. The van der Waals surface area contributed by atoms with Crippen LogP contribution in [0.25, 0.3) is 16.8 Å². The molecule has 5 nitrogen and oxygen atoms in total. The molecule has 0 amide bonds. The van der Waals surface area contributed by atoms with E-state index in [1.807, 2.05) is 48.0 Å². The number of halogens is 1. The van der Waals surface area contributed by atoms with Crippen LogP contribution in [0, 0.1) is 6.92 Å². The first-order valence-electron chi connectivity index (χ1n) is 8.83. The molecule has 0 spiro atoms. The maximum absolute atomic E-state index is 11.9. The molecule has 0 aliphatic rings. The molecule has 28 heavy (non-hydrogen) atoms. The largest absolute Gasteiger partial charge is 0.464 e. The zero-order valence-electron chi connectivity index (χ0n) is 15.5. The molecule has 0 aliphatic heterocycles. The molecule has 0 bridgehead atoms. The lowest BCUT2D eigenvalue weighted by molar-refractivity contribution is 0.0593. The number of aromatic nitrogens is 3. The second-order valence-corrected chi connectivity index (χ2v) is 7.00. The van der Waals surface area contributed by atoms with Crippen molar-refractivity contribution in [3.63, 3.8) is 0 Å². The van der Waals surface area contributed by atoms with Gasteiger partial charge in [0.1, 0.15) is 5.69 Å². The van der Waals surface area contributed by atoms with Gasteiger partial charge in [0.2, 0.25) is 0 Å². The highest BCUT2D eigenvalue weighted by Gasteiger charge is 2.17. The number of aryl methyl sites for hydroxylation is 1. The van der Waals surface area contributed by atoms with Crippen molar-refractivity contribution in [1.29, 1.82) is 0 Å². The van der Waals surface area contributed by atoms with Gasteiger partial charge in [0, 0.05) is 34.5 Å². The predicted molar refractivity (Wildman–Crippen MR) is 109 cm³/mol. The minimum Gasteiger partial charge on any atom is -0.464 e. The summed E-state index contributed by atoms with van der Waals surface area (Å²) in [5.41, 5.74) is 5.92. The number of benzene rings is 1. The van der Waals surface area contributed by atoms with Crippen molar-refractivity contribution in [2.45, 2.75) is 13.3 Å². The van der Waals surface area contributed by atoms with Gasteiger partial charge < -0.3 is 4.74 Å². The summed E-state index contributed by atoms with van der Waals surface area (Å²) in [6.45, 7) is 2.03. The maximum atomic E-state index is 11.9. The number of ether oxygens (including phenoxy) is 1. The van der Waals surface area contributed by atoms with Crippen LogP contribution >= 0.6 is 11.6 Å². The van der Waals surface area contributed by atoms with Gasteiger partial charge in [-0.15, -0.1) is 0 Å². The Bertz CT molecular complexity index is 1170. The number of carbonyl (C=O) groups excluding carboxylic acids is 1. The Morgan fingerprint density at radius 3 is 2.68 bits per heavy atom. The van der Waals surface area contributed by atoms with E-state index in [9.17, 15) is 4.79 Å². The number of esters is 1. The maximum Gasteiger partial charge on any atom is 0.356 e. The van der Waals surface area contributed by atoms with E-state index in [0.717, 1.165) is 27.9 Å². The summed E-state index contributed by atoms with van der Waals surface area (Å²) >= 11 is 6.22. The minimum atomic E-state index is -0.512. The molecular weight excluding hydrogens is 374 g/mol. The fraction of sp³-hybridized carbons (Fsp3) is 0.136. The summed E-state index contributed by atoms with van der Waals surface area (Å²) < 4.78 is 6.67. The molecule has 0 atom stereocenters. The van der Waals surface area contributed by atoms with Gasteiger partial charge in [0.05, 0.1) is 18.3 Å². The summed E-state index contributed by atoms with van der Waals surface area (Å²) in [6, 6.07) is 17.4.